The molecule has 1 fully saturated rings. The Labute approximate surface area is 165 Å². The molecule has 0 spiro atoms. The normalized spacial score (nSPS) is 15.1. The number of carbonyl (C=O) groups excluding carboxylic acids is 1. The summed E-state index contributed by atoms with van der Waals surface area (Å²) < 4.78 is 0.543. The van der Waals surface area contributed by atoms with Crippen LogP contribution in [0.4, 0.5) is 0 Å². The Bertz CT molecular complexity index is 1040. The van der Waals surface area contributed by atoms with Gasteiger partial charge >= 0.3 is 0 Å². The number of aromatic nitrogens is 2. The zero-order valence-corrected chi connectivity index (χ0v) is 16.3. The number of rotatable bonds is 4. The number of thiophene rings is 1. The molecule has 3 aromatic rings. The summed E-state index contributed by atoms with van der Waals surface area (Å²) in [6.07, 6.45) is 5.70. The van der Waals surface area contributed by atoms with Gasteiger partial charge in [0.25, 0.3) is 5.56 Å². The second-order valence-electron chi connectivity index (χ2n) is 6.90. The summed E-state index contributed by atoms with van der Waals surface area (Å²) in [7, 11) is 0. The Morgan fingerprint density at radius 3 is 2.81 bits per heavy atom. The first kappa shape index (κ1) is 18.2. The van der Waals surface area contributed by atoms with Gasteiger partial charge in [0, 0.05) is 21.5 Å². The van der Waals surface area contributed by atoms with Gasteiger partial charge in [-0.2, -0.15) is 0 Å². The third-order valence-electron chi connectivity index (χ3n) is 4.87. The lowest BCUT2D eigenvalue weighted by Gasteiger charge is -2.22. The van der Waals surface area contributed by atoms with E-state index in [0.29, 0.717) is 21.1 Å². The first-order chi connectivity index (χ1) is 13.1. The third-order valence-corrected chi connectivity index (χ3v) is 6.36. The van der Waals surface area contributed by atoms with E-state index in [-0.39, 0.29) is 23.9 Å². The van der Waals surface area contributed by atoms with E-state index in [1.54, 1.807) is 0 Å². The van der Waals surface area contributed by atoms with Crippen molar-refractivity contribution in [2.24, 2.45) is 0 Å². The van der Waals surface area contributed by atoms with Gasteiger partial charge in [0.05, 0.1) is 11.9 Å². The summed E-state index contributed by atoms with van der Waals surface area (Å²) in [6, 6.07) is 9.62. The van der Waals surface area contributed by atoms with Gasteiger partial charge in [-0.3, -0.25) is 9.59 Å². The van der Waals surface area contributed by atoms with Gasteiger partial charge in [-0.1, -0.05) is 49.1 Å². The number of nitrogens with zero attached hydrogens (tertiary/aromatic N) is 1. The van der Waals surface area contributed by atoms with E-state index in [0.717, 1.165) is 36.1 Å². The summed E-state index contributed by atoms with van der Waals surface area (Å²) >= 11 is 7.62. The van der Waals surface area contributed by atoms with E-state index in [9.17, 15) is 9.59 Å². The van der Waals surface area contributed by atoms with E-state index in [1.165, 1.54) is 17.8 Å². The summed E-state index contributed by atoms with van der Waals surface area (Å²) in [6.45, 7) is 0. The number of halogens is 1. The van der Waals surface area contributed by atoms with Crippen molar-refractivity contribution in [3.8, 4) is 10.4 Å². The molecule has 0 bridgehead atoms. The Kier molecular flexibility index (Phi) is 5.27. The Morgan fingerprint density at radius 2 is 2.04 bits per heavy atom. The van der Waals surface area contributed by atoms with E-state index < -0.39 is 0 Å². The highest BCUT2D eigenvalue weighted by molar-refractivity contribution is 7.22. The molecular weight excluding hydrogens is 382 g/mol. The predicted octanol–water partition coefficient (Wildman–Crippen LogP) is 4.30. The number of carbonyl (C=O) groups is 1. The number of hydrogen-bond donors (Lipinski definition) is 2. The van der Waals surface area contributed by atoms with Crippen molar-refractivity contribution in [2.45, 2.75) is 44.6 Å². The fourth-order valence-electron chi connectivity index (χ4n) is 3.54. The SMILES string of the molecule is O=C(Cc1nc2cc(-c3ccccc3Cl)sc2c(=O)[nH]1)NC1CCCCC1. The lowest BCUT2D eigenvalue weighted by Crippen LogP contribution is -2.37. The van der Waals surface area contributed by atoms with Crippen LogP contribution in [0.15, 0.2) is 35.1 Å². The van der Waals surface area contributed by atoms with Crippen LogP contribution >= 0.6 is 22.9 Å². The molecular formula is C20H20ClN3O2S. The fourth-order valence-corrected chi connectivity index (χ4v) is 4.87. The first-order valence-electron chi connectivity index (χ1n) is 9.17. The zero-order chi connectivity index (χ0) is 18.8. The third kappa shape index (κ3) is 4.06. The van der Waals surface area contributed by atoms with Gasteiger partial charge in [0.15, 0.2) is 0 Å². The average Bonchev–Trinajstić information content (AvgIpc) is 3.07. The Hall–Kier alpha value is -2.18. The molecule has 5 nitrogen and oxygen atoms in total. The number of nitrogens with one attached hydrogen (secondary N) is 2. The molecule has 1 aliphatic carbocycles. The number of amides is 1. The molecule has 2 heterocycles. The van der Waals surface area contributed by atoms with E-state index in [1.807, 2.05) is 30.3 Å². The van der Waals surface area contributed by atoms with Crippen LogP contribution in [0.25, 0.3) is 20.7 Å². The minimum absolute atomic E-state index is 0.0823. The summed E-state index contributed by atoms with van der Waals surface area (Å²) in [5.74, 6) is 0.301. The predicted molar refractivity (Wildman–Crippen MR) is 109 cm³/mol. The van der Waals surface area contributed by atoms with Crippen LogP contribution in [-0.2, 0) is 11.2 Å². The number of hydrogen-bond acceptors (Lipinski definition) is 4. The summed E-state index contributed by atoms with van der Waals surface area (Å²) in [4.78, 5) is 32.9. The van der Waals surface area contributed by atoms with Crippen LogP contribution in [0.1, 0.15) is 37.9 Å². The first-order valence-corrected chi connectivity index (χ1v) is 10.4. The van der Waals surface area contributed by atoms with E-state index in [2.05, 4.69) is 15.3 Å². The van der Waals surface area contributed by atoms with Gasteiger partial charge in [-0.05, 0) is 25.0 Å². The van der Waals surface area contributed by atoms with E-state index >= 15 is 0 Å². The molecule has 4 rings (SSSR count). The summed E-state index contributed by atoms with van der Waals surface area (Å²) in [5, 5.41) is 3.69. The van der Waals surface area contributed by atoms with Crippen molar-refractivity contribution in [3.05, 3.63) is 51.5 Å². The van der Waals surface area contributed by atoms with Crippen molar-refractivity contribution in [3.63, 3.8) is 0 Å². The molecule has 2 N–H and O–H groups in total. The van der Waals surface area contributed by atoms with Crippen molar-refractivity contribution >= 4 is 39.1 Å². The topological polar surface area (TPSA) is 74.8 Å². The van der Waals surface area contributed by atoms with Crippen LogP contribution < -0.4 is 10.9 Å². The molecule has 1 aliphatic rings. The molecule has 0 unspecified atom stereocenters. The molecule has 0 radical (unpaired) electrons. The average molecular weight is 402 g/mol. The van der Waals surface area contributed by atoms with Crippen LogP contribution in [-0.4, -0.2) is 21.9 Å². The molecule has 0 saturated heterocycles. The standard InChI is InChI=1S/C20H20ClN3O2S/c21-14-9-5-4-8-13(14)16-10-15-19(27-16)20(26)24-17(23-15)11-18(25)22-12-6-2-1-3-7-12/h4-5,8-10,12H,1-3,6-7,11H2,(H,22,25)(H,23,24,26). The quantitative estimate of drug-likeness (QED) is 0.684. The smallest absolute Gasteiger partial charge is 0.268 e. The molecule has 7 heteroatoms. The number of benzene rings is 1. The summed E-state index contributed by atoms with van der Waals surface area (Å²) in [5.41, 5.74) is 1.25. The molecule has 1 saturated carbocycles. The van der Waals surface area contributed by atoms with Crippen molar-refractivity contribution in [1.82, 2.24) is 15.3 Å². The van der Waals surface area contributed by atoms with Crippen molar-refractivity contribution < 1.29 is 4.79 Å². The maximum atomic E-state index is 12.5. The monoisotopic (exact) mass is 401 g/mol. The second kappa shape index (κ2) is 7.82. The number of aromatic amines is 1. The van der Waals surface area contributed by atoms with Gasteiger partial charge in [0.2, 0.25) is 5.91 Å². The molecule has 0 aliphatic heterocycles. The van der Waals surface area contributed by atoms with Crippen molar-refractivity contribution in [2.75, 3.05) is 0 Å². The highest BCUT2D eigenvalue weighted by atomic mass is 35.5. The van der Waals surface area contributed by atoms with Crippen LogP contribution in [0, 0.1) is 0 Å². The maximum absolute atomic E-state index is 12.5. The highest BCUT2D eigenvalue weighted by Gasteiger charge is 2.17. The molecule has 27 heavy (non-hydrogen) atoms. The maximum Gasteiger partial charge on any atom is 0.268 e. The fraction of sp³-hybridized carbons (Fsp3) is 0.350. The van der Waals surface area contributed by atoms with Crippen LogP contribution in [0.3, 0.4) is 0 Å². The second-order valence-corrected chi connectivity index (χ2v) is 8.36. The molecule has 2 aromatic heterocycles. The largest absolute Gasteiger partial charge is 0.353 e. The number of fused-ring (bicyclic) bond motifs is 1. The van der Waals surface area contributed by atoms with Gasteiger partial charge in [-0.15, -0.1) is 11.3 Å². The van der Waals surface area contributed by atoms with Gasteiger partial charge < -0.3 is 10.3 Å². The van der Waals surface area contributed by atoms with E-state index in [4.69, 9.17) is 11.6 Å². The molecule has 1 amide bonds. The molecule has 0 atom stereocenters. The minimum Gasteiger partial charge on any atom is -0.353 e. The molecule has 1 aromatic carbocycles. The minimum atomic E-state index is -0.219. The zero-order valence-electron chi connectivity index (χ0n) is 14.8. The van der Waals surface area contributed by atoms with Crippen LogP contribution in [0.2, 0.25) is 5.02 Å². The lowest BCUT2D eigenvalue weighted by molar-refractivity contribution is -0.121. The van der Waals surface area contributed by atoms with Gasteiger partial charge in [-0.25, -0.2) is 4.98 Å². The van der Waals surface area contributed by atoms with Crippen LogP contribution in [0.5, 0.6) is 0 Å². The Morgan fingerprint density at radius 1 is 1.26 bits per heavy atom. The highest BCUT2D eigenvalue weighted by Crippen LogP contribution is 2.35. The lowest BCUT2D eigenvalue weighted by atomic mass is 9.95. The number of H-pyrrole nitrogens is 1. The Balaban J connectivity index is 1.57. The molecule has 140 valence electrons. The van der Waals surface area contributed by atoms with Crippen molar-refractivity contribution in [1.29, 1.82) is 0 Å². The van der Waals surface area contributed by atoms with Gasteiger partial charge in [0.1, 0.15) is 10.5 Å².